The molecule has 2 heterocycles. The molecular weight excluding hydrogens is 250 g/mol. The minimum atomic E-state index is -0.565. The summed E-state index contributed by atoms with van der Waals surface area (Å²) in [5.41, 5.74) is 0.410. The molecule has 0 saturated carbocycles. The normalized spacial score (nSPS) is 13.3. The van der Waals surface area contributed by atoms with Crippen LogP contribution in [0.3, 0.4) is 0 Å². The Morgan fingerprint density at radius 3 is 3.16 bits per heavy atom. The number of rotatable bonds is 6. The van der Waals surface area contributed by atoms with E-state index in [1.54, 1.807) is 0 Å². The maximum absolute atomic E-state index is 11.7. The molecule has 0 fully saturated rings. The number of fused-ring (bicyclic) bond motifs is 1. The number of hydrogen-bond acceptors (Lipinski definition) is 6. The van der Waals surface area contributed by atoms with E-state index in [1.807, 2.05) is 11.9 Å². The molecule has 1 atom stereocenters. The number of likely N-dealkylation sites (N-methyl/N-ethyl adjacent to an activating group) is 1. The second-order valence-electron chi connectivity index (χ2n) is 4.41. The summed E-state index contributed by atoms with van der Waals surface area (Å²) in [7, 11) is 3.38. The minimum Gasteiger partial charge on any atom is -0.389 e. The van der Waals surface area contributed by atoms with Crippen molar-refractivity contribution in [2.45, 2.75) is 12.6 Å². The highest BCUT2D eigenvalue weighted by Gasteiger charge is 2.10. The smallest absolute Gasteiger partial charge is 0.274 e. The standard InChI is InChI=1S/C11H17N5O3/c1-15(5-9(17)6-19-2)4-8-3-10(18)16-11(14-8)12-7-13-16/h3,7,9,17H,4-6H2,1-2H3,(H,12,13,14). The Hall–Kier alpha value is -1.77. The van der Waals surface area contributed by atoms with Crippen LogP contribution in [0.25, 0.3) is 5.78 Å². The lowest BCUT2D eigenvalue weighted by atomic mass is 10.3. The Morgan fingerprint density at radius 2 is 2.42 bits per heavy atom. The number of nitrogens with one attached hydrogen (secondary N) is 1. The fourth-order valence-corrected chi connectivity index (χ4v) is 1.90. The Labute approximate surface area is 109 Å². The monoisotopic (exact) mass is 267 g/mol. The van der Waals surface area contributed by atoms with Crippen molar-refractivity contribution in [3.8, 4) is 0 Å². The van der Waals surface area contributed by atoms with E-state index in [0.29, 0.717) is 24.6 Å². The lowest BCUT2D eigenvalue weighted by Gasteiger charge is -2.19. The van der Waals surface area contributed by atoms with Crippen molar-refractivity contribution in [1.82, 2.24) is 24.5 Å². The topological polar surface area (TPSA) is 95.8 Å². The van der Waals surface area contributed by atoms with Crippen LogP contribution in [0.2, 0.25) is 0 Å². The number of hydrogen-bond donors (Lipinski definition) is 2. The van der Waals surface area contributed by atoms with Gasteiger partial charge in [-0.2, -0.15) is 4.52 Å². The zero-order valence-electron chi connectivity index (χ0n) is 10.9. The number of aliphatic hydroxyl groups excluding tert-OH is 1. The SMILES string of the molecule is COCC(O)CN(C)Cc1cc(=O)n2[nH]cnc2n1. The predicted octanol–water partition coefficient (Wildman–Crippen LogP) is -1.14. The molecule has 0 aliphatic carbocycles. The molecule has 0 aromatic carbocycles. The van der Waals surface area contributed by atoms with Crippen molar-refractivity contribution in [1.29, 1.82) is 0 Å². The van der Waals surface area contributed by atoms with Gasteiger partial charge in [0.05, 0.1) is 18.4 Å². The molecule has 0 saturated heterocycles. The van der Waals surface area contributed by atoms with E-state index in [4.69, 9.17) is 4.74 Å². The van der Waals surface area contributed by atoms with Crippen LogP contribution in [0.1, 0.15) is 5.69 Å². The predicted molar refractivity (Wildman–Crippen MR) is 67.8 cm³/mol. The first-order chi connectivity index (χ1) is 9.10. The summed E-state index contributed by atoms with van der Waals surface area (Å²) in [6.07, 6.45) is 0.852. The third-order valence-corrected chi connectivity index (χ3v) is 2.63. The second-order valence-corrected chi connectivity index (χ2v) is 4.41. The van der Waals surface area contributed by atoms with E-state index in [9.17, 15) is 9.90 Å². The van der Waals surface area contributed by atoms with Crippen molar-refractivity contribution >= 4 is 5.78 Å². The van der Waals surface area contributed by atoms with E-state index in [-0.39, 0.29) is 12.2 Å². The largest absolute Gasteiger partial charge is 0.389 e. The van der Waals surface area contributed by atoms with Crippen molar-refractivity contribution in [2.75, 3.05) is 27.3 Å². The molecule has 0 amide bonds. The van der Waals surface area contributed by atoms with Gasteiger partial charge >= 0.3 is 0 Å². The summed E-state index contributed by atoms with van der Waals surface area (Å²) in [4.78, 5) is 21.8. The molecule has 0 spiro atoms. The number of aliphatic hydroxyl groups is 1. The van der Waals surface area contributed by atoms with E-state index in [1.165, 1.54) is 24.0 Å². The molecule has 1 unspecified atom stereocenters. The van der Waals surface area contributed by atoms with Crippen LogP contribution < -0.4 is 5.56 Å². The van der Waals surface area contributed by atoms with Gasteiger partial charge in [0.1, 0.15) is 6.33 Å². The van der Waals surface area contributed by atoms with Crippen LogP contribution in [0.4, 0.5) is 0 Å². The first kappa shape index (κ1) is 13.7. The third-order valence-electron chi connectivity index (χ3n) is 2.63. The van der Waals surface area contributed by atoms with Crippen LogP contribution in [0.5, 0.6) is 0 Å². The highest BCUT2D eigenvalue weighted by atomic mass is 16.5. The highest BCUT2D eigenvalue weighted by molar-refractivity contribution is 5.25. The summed E-state index contributed by atoms with van der Waals surface area (Å²) in [6.45, 7) is 1.17. The van der Waals surface area contributed by atoms with E-state index in [0.717, 1.165) is 0 Å². The Morgan fingerprint density at radius 1 is 1.63 bits per heavy atom. The van der Waals surface area contributed by atoms with Crippen LogP contribution in [-0.2, 0) is 11.3 Å². The van der Waals surface area contributed by atoms with Gasteiger partial charge in [0, 0.05) is 26.3 Å². The van der Waals surface area contributed by atoms with E-state index in [2.05, 4.69) is 15.1 Å². The zero-order valence-corrected chi connectivity index (χ0v) is 10.9. The number of aromatic nitrogens is 4. The zero-order chi connectivity index (χ0) is 13.8. The molecule has 0 aliphatic rings. The Balaban J connectivity index is 2.06. The van der Waals surface area contributed by atoms with Gasteiger partial charge < -0.3 is 9.84 Å². The lowest BCUT2D eigenvalue weighted by molar-refractivity contribution is 0.0416. The minimum absolute atomic E-state index is 0.205. The van der Waals surface area contributed by atoms with Crippen LogP contribution in [0, 0.1) is 0 Å². The van der Waals surface area contributed by atoms with Gasteiger partial charge in [0.25, 0.3) is 11.3 Å². The summed E-state index contributed by atoms with van der Waals surface area (Å²) >= 11 is 0. The summed E-state index contributed by atoms with van der Waals surface area (Å²) in [5.74, 6) is 0.341. The van der Waals surface area contributed by atoms with Crippen molar-refractivity contribution in [3.63, 3.8) is 0 Å². The molecule has 0 radical (unpaired) electrons. The maximum Gasteiger partial charge on any atom is 0.274 e. The van der Waals surface area contributed by atoms with Gasteiger partial charge in [-0.15, -0.1) is 0 Å². The maximum atomic E-state index is 11.7. The fourth-order valence-electron chi connectivity index (χ4n) is 1.90. The number of nitrogens with zero attached hydrogens (tertiary/aromatic N) is 4. The first-order valence-electron chi connectivity index (χ1n) is 5.87. The summed E-state index contributed by atoms with van der Waals surface area (Å²) in [5, 5.41) is 12.3. The molecule has 8 nitrogen and oxygen atoms in total. The number of methoxy groups -OCH3 is 1. The van der Waals surface area contributed by atoms with Gasteiger partial charge in [-0.05, 0) is 7.05 Å². The molecule has 2 N–H and O–H groups in total. The van der Waals surface area contributed by atoms with Crippen molar-refractivity contribution in [2.24, 2.45) is 0 Å². The molecule has 2 aromatic rings. The van der Waals surface area contributed by atoms with Crippen molar-refractivity contribution in [3.05, 3.63) is 28.4 Å². The number of H-pyrrole nitrogens is 1. The molecule has 2 aromatic heterocycles. The van der Waals surface area contributed by atoms with Gasteiger partial charge in [0.2, 0.25) is 0 Å². The van der Waals surface area contributed by atoms with Crippen LogP contribution in [-0.4, -0.2) is 63.0 Å². The molecule has 0 bridgehead atoms. The molecule has 104 valence electrons. The van der Waals surface area contributed by atoms with Crippen molar-refractivity contribution < 1.29 is 9.84 Å². The fraction of sp³-hybridized carbons (Fsp3) is 0.545. The lowest BCUT2D eigenvalue weighted by Crippen LogP contribution is -2.32. The second kappa shape index (κ2) is 5.91. The molecule has 0 aliphatic heterocycles. The van der Waals surface area contributed by atoms with Gasteiger partial charge in [0.15, 0.2) is 0 Å². The molecule has 19 heavy (non-hydrogen) atoms. The first-order valence-corrected chi connectivity index (χ1v) is 5.87. The average Bonchev–Trinajstić information content (AvgIpc) is 2.77. The van der Waals surface area contributed by atoms with Gasteiger partial charge in [-0.1, -0.05) is 0 Å². The van der Waals surface area contributed by atoms with Gasteiger partial charge in [-0.25, -0.2) is 9.97 Å². The third kappa shape index (κ3) is 3.37. The Kier molecular flexibility index (Phi) is 4.25. The van der Waals surface area contributed by atoms with Crippen LogP contribution >= 0.6 is 0 Å². The summed E-state index contributed by atoms with van der Waals surface area (Å²) in [6, 6.07) is 1.45. The van der Waals surface area contributed by atoms with E-state index >= 15 is 0 Å². The number of aromatic amines is 1. The molecule has 2 rings (SSSR count). The van der Waals surface area contributed by atoms with Gasteiger partial charge in [-0.3, -0.25) is 14.8 Å². The average molecular weight is 267 g/mol. The molecule has 8 heteroatoms. The number of ether oxygens (including phenoxy) is 1. The molecular formula is C11H17N5O3. The van der Waals surface area contributed by atoms with Crippen LogP contribution in [0.15, 0.2) is 17.2 Å². The Bertz CT molecular complexity index is 593. The highest BCUT2D eigenvalue weighted by Crippen LogP contribution is 2.00. The summed E-state index contributed by atoms with van der Waals surface area (Å²) < 4.78 is 6.13. The van der Waals surface area contributed by atoms with E-state index < -0.39 is 6.10 Å². The quantitative estimate of drug-likeness (QED) is 0.686.